The van der Waals surface area contributed by atoms with Crippen LogP contribution in [0.1, 0.15) is 22.6 Å². The normalized spacial score (nSPS) is 22.4. The van der Waals surface area contributed by atoms with Crippen LogP contribution in [0.4, 0.5) is 5.69 Å². The van der Waals surface area contributed by atoms with Gasteiger partial charge < -0.3 is 10.0 Å². The molecule has 2 aromatic rings. The third-order valence-corrected chi connectivity index (χ3v) is 4.75. The van der Waals surface area contributed by atoms with Crippen LogP contribution >= 0.6 is 0 Å². The van der Waals surface area contributed by atoms with Crippen molar-refractivity contribution in [2.75, 3.05) is 11.4 Å². The highest BCUT2D eigenvalue weighted by molar-refractivity contribution is 5.82. The molecule has 0 spiro atoms. The standard InChI is InChI=1S/C18H17NO2/c20-18(21)17-10-13-6-2-4-8-16(13)19(17)11-14-9-12-5-1-3-7-15(12)14/h1-8,14,17H,9-11H2,(H,20,21). The van der Waals surface area contributed by atoms with Crippen molar-refractivity contribution in [1.29, 1.82) is 0 Å². The Labute approximate surface area is 123 Å². The van der Waals surface area contributed by atoms with E-state index >= 15 is 0 Å². The predicted octanol–water partition coefficient (Wildman–Crippen LogP) is 2.84. The molecular weight excluding hydrogens is 262 g/mol. The molecule has 1 aliphatic carbocycles. The molecule has 0 saturated heterocycles. The van der Waals surface area contributed by atoms with Gasteiger partial charge in [-0.05, 0) is 29.2 Å². The summed E-state index contributed by atoms with van der Waals surface area (Å²) in [6.07, 6.45) is 1.67. The van der Waals surface area contributed by atoms with Gasteiger partial charge in [0, 0.05) is 24.6 Å². The number of fused-ring (bicyclic) bond motifs is 2. The SMILES string of the molecule is O=C(O)C1Cc2ccccc2N1CC1Cc2ccccc21. The van der Waals surface area contributed by atoms with Crippen molar-refractivity contribution in [3.63, 3.8) is 0 Å². The van der Waals surface area contributed by atoms with Gasteiger partial charge in [0.15, 0.2) is 0 Å². The molecule has 1 N–H and O–H groups in total. The van der Waals surface area contributed by atoms with Crippen LogP contribution in [-0.2, 0) is 17.6 Å². The Morgan fingerprint density at radius 1 is 1.05 bits per heavy atom. The van der Waals surface area contributed by atoms with Crippen LogP contribution in [0, 0.1) is 0 Å². The molecule has 0 amide bonds. The molecule has 1 aliphatic heterocycles. The van der Waals surface area contributed by atoms with Crippen LogP contribution in [0.5, 0.6) is 0 Å². The maximum absolute atomic E-state index is 11.6. The van der Waals surface area contributed by atoms with Crippen molar-refractivity contribution in [2.45, 2.75) is 24.8 Å². The molecule has 2 aromatic carbocycles. The number of rotatable bonds is 3. The summed E-state index contributed by atoms with van der Waals surface area (Å²) < 4.78 is 0. The van der Waals surface area contributed by atoms with E-state index in [1.807, 2.05) is 24.3 Å². The lowest BCUT2D eigenvalue weighted by Crippen LogP contribution is -2.42. The lowest BCUT2D eigenvalue weighted by Gasteiger charge is -2.36. The number of para-hydroxylation sites is 1. The van der Waals surface area contributed by atoms with Crippen LogP contribution in [0.2, 0.25) is 0 Å². The van der Waals surface area contributed by atoms with Gasteiger partial charge in [-0.15, -0.1) is 0 Å². The van der Waals surface area contributed by atoms with Crippen molar-refractivity contribution >= 4 is 11.7 Å². The summed E-state index contributed by atoms with van der Waals surface area (Å²) in [4.78, 5) is 13.7. The van der Waals surface area contributed by atoms with Gasteiger partial charge >= 0.3 is 5.97 Å². The number of carboxylic acids is 1. The topological polar surface area (TPSA) is 40.5 Å². The molecule has 21 heavy (non-hydrogen) atoms. The summed E-state index contributed by atoms with van der Waals surface area (Å²) in [6.45, 7) is 0.797. The quantitative estimate of drug-likeness (QED) is 0.939. The van der Waals surface area contributed by atoms with Crippen molar-refractivity contribution in [3.8, 4) is 0 Å². The molecule has 3 nitrogen and oxygen atoms in total. The van der Waals surface area contributed by atoms with E-state index in [0.29, 0.717) is 12.3 Å². The zero-order valence-electron chi connectivity index (χ0n) is 11.7. The maximum Gasteiger partial charge on any atom is 0.326 e. The highest BCUT2D eigenvalue weighted by Gasteiger charge is 2.37. The van der Waals surface area contributed by atoms with Gasteiger partial charge in [-0.1, -0.05) is 42.5 Å². The second-order valence-electron chi connectivity index (χ2n) is 5.94. The van der Waals surface area contributed by atoms with Gasteiger partial charge in [-0.3, -0.25) is 0 Å². The number of benzene rings is 2. The van der Waals surface area contributed by atoms with Crippen molar-refractivity contribution < 1.29 is 9.90 Å². The van der Waals surface area contributed by atoms with Crippen LogP contribution in [-0.4, -0.2) is 23.7 Å². The molecule has 1 heterocycles. The summed E-state index contributed by atoms with van der Waals surface area (Å²) in [5.74, 6) is -0.270. The first-order valence-corrected chi connectivity index (χ1v) is 7.39. The van der Waals surface area contributed by atoms with Gasteiger partial charge in [0.05, 0.1) is 0 Å². The number of hydrogen-bond acceptors (Lipinski definition) is 2. The molecule has 0 radical (unpaired) electrons. The van der Waals surface area contributed by atoms with Crippen molar-refractivity contribution in [3.05, 3.63) is 65.2 Å². The zero-order valence-corrected chi connectivity index (χ0v) is 11.7. The van der Waals surface area contributed by atoms with Crippen LogP contribution in [0.25, 0.3) is 0 Å². The number of anilines is 1. The fourth-order valence-corrected chi connectivity index (χ4v) is 3.66. The minimum absolute atomic E-state index is 0.421. The van der Waals surface area contributed by atoms with Crippen molar-refractivity contribution in [2.24, 2.45) is 0 Å². The molecule has 2 unspecified atom stereocenters. The fourth-order valence-electron chi connectivity index (χ4n) is 3.66. The first-order valence-electron chi connectivity index (χ1n) is 7.39. The van der Waals surface area contributed by atoms with Crippen molar-refractivity contribution in [1.82, 2.24) is 0 Å². The Bertz CT molecular complexity index is 710. The highest BCUT2D eigenvalue weighted by Crippen LogP contribution is 2.39. The van der Waals surface area contributed by atoms with Crippen LogP contribution in [0.15, 0.2) is 48.5 Å². The fraction of sp³-hybridized carbons (Fsp3) is 0.278. The third kappa shape index (κ3) is 1.92. The minimum atomic E-state index is -0.723. The number of nitrogens with zero attached hydrogens (tertiary/aromatic N) is 1. The zero-order chi connectivity index (χ0) is 14.4. The maximum atomic E-state index is 11.6. The summed E-state index contributed by atoms with van der Waals surface area (Å²) in [5, 5.41) is 9.51. The predicted molar refractivity (Wildman–Crippen MR) is 81.8 cm³/mol. The summed E-state index contributed by atoms with van der Waals surface area (Å²) in [6, 6.07) is 16.1. The molecule has 0 bridgehead atoms. The van der Waals surface area contributed by atoms with Gasteiger partial charge in [-0.25, -0.2) is 4.79 Å². The molecular formula is C18H17NO2. The minimum Gasteiger partial charge on any atom is -0.480 e. The Kier molecular flexibility index (Phi) is 2.74. The first kappa shape index (κ1) is 12.5. The van der Waals surface area contributed by atoms with Gasteiger partial charge in [0.2, 0.25) is 0 Å². The Balaban J connectivity index is 1.63. The second-order valence-corrected chi connectivity index (χ2v) is 5.94. The average Bonchev–Trinajstić information content (AvgIpc) is 2.84. The number of aliphatic carboxylic acids is 1. The van der Waals surface area contributed by atoms with E-state index in [2.05, 4.69) is 29.2 Å². The Morgan fingerprint density at radius 3 is 2.52 bits per heavy atom. The summed E-state index contributed by atoms with van der Waals surface area (Å²) >= 11 is 0. The monoisotopic (exact) mass is 279 g/mol. The molecule has 2 atom stereocenters. The Morgan fingerprint density at radius 2 is 1.76 bits per heavy atom. The largest absolute Gasteiger partial charge is 0.480 e. The molecule has 0 saturated carbocycles. The van der Waals surface area contributed by atoms with E-state index in [9.17, 15) is 9.90 Å². The Hall–Kier alpha value is -2.29. The second kappa shape index (κ2) is 4.62. The summed E-state index contributed by atoms with van der Waals surface area (Å²) in [7, 11) is 0. The first-order chi connectivity index (χ1) is 10.2. The van der Waals surface area contributed by atoms with E-state index in [-0.39, 0.29) is 0 Å². The smallest absolute Gasteiger partial charge is 0.326 e. The molecule has 106 valence electrons. The molecule has 0 aromatic heterocycles. The molecule has 0 fully saturated rings. The van der Waals surface area contributed by atoms with Gasteiger partial charge in [-0.2, -0.15) is 0 Å². The van der Waals surface area contributed by atoms with Gasteiger partial charge in [0.1, 0.15) is 6.04 Å². The van der Waals surface area contributed by atoms with Crippen LogP contribution in [0.3, 0.4) is 0 Å². The number of carboxylic acid groups (broad SMARTS) is 1. The van der Waals surface area contributed by atoms with Gasteiger partial charge in [0.25, 0.3) is 0 Å². The lowest BCUT2D eigenvalue weighted by molar-refractivity contribution is -0.138. The molecule has 3 heteroatoms. The highest BCUT2D eigenvalue weighted by atomic mass is 16.4. The van der Waals surface area contributed by atoms with E-state index in [0.717, 1.165) is 24.2 Å². The molecule has 4 rings (SSSR count). The number of carbonyl (C=O) groups is 1. The van der Waals surface area contributed by atoms with E-state index in [1.54, 1.807) is 0 Å². The lowest BCUT2D eigenvalue weighted by atomic mass is 9.77. The summed E-state index contributed by atoms with van der Waals surface area (Å²) in [5.41, 5.74) is 5.03. The van der Waals surface area contributed by atoms with Crippen LogP contribution < -0.4 is 4.90 Å². The number of hydrogen-bond donors (Lipinski definition) is 1. The van der Waals surface area contributed by atoms with E-state index in [1.165, 1.54) is 11.1 Å². The third-order valence-electron chi connectivity index (χ3n) is 4.75. The average molecular weight is 279 g/mol. The van der Waals surface area contributed by atoms with E-state index in [4.69, 9.17) is 0 Å². The van der Waals surface area contributed by atoms with E-state index < -0.39 is 12.0 Å². The molecule has 2 aliphatic rings.